The Bertz CT molecular complexity index is 854. The number of ether oxygens (including phenoxy) is 1. The molecule has 0 bridgehead atoms. The lowest BCUT2D eigenvalue weighted by Gasteiger charge is -2.31. The quantitative estimate of drug-likeness (QED) is 0.818. The molecule has 1 aliphatic heterocycles. The van der Waals surface area contributed by atoms with Crippen molar-refractivity contribution in [2.24, 2.45) is 5.92 Å². The van der Waals surface area contributed by atoms with E-state index < -0.39 is 5.97 Å². The normalized spacial score (nSPS) is 15.7. The second kappa shape index (κ2) is 7.19. The van der Waals surface area contributed by atoms with Crippen LogP contribution in [0.4, 0.5) is 5.82 Å². The fourth-order valence-corrected chi connectivity index (χ4v) is 4.35. The number of anilines is 1. The van der Waals surface area contributed by atoms with Crippen molar-refractivity contribution >= 4 is 39.3 Å². The van der Waals surface area contributed by atoms with Crippen LogP contribution in [0.15, 0.2) is 0 Å². The SMILES string of the molecule is Cc1nc(N2CCC(C(=O)O)CC2)c2c(C)c(C(=O)OC(C)C)sc2n1. The van der Waals surface area contributed by atoms with Gasteiger partial charge in [-0.3, -0.25) is 4.79 Å². The number of hydrogen-bond acceptors (Lipinski definition) is 7. The van der Waals surface area contributed by atoms with Gasteiger partial charge in [0.05, 0.1) is 17.4 Å². The molecule has 0 unspecified atom stereocenters. The Morgan fingerprint density at radius 1 is 1.23 bits per heavy atom. The molecule has 0 spiro atoms. The van der Waals surface area contributed by atoms with Crippen LogP contribution in [0.25, 0.3) is 10.2 Å². The number of aliphatic carboxylic acids is 1. The number of piperidine rings is 1. The third-order valence-electron chi connectivity index (χ3n) is 4.55. The highest BCUT2D eigenvalue weighted by Gasteiger charge is 2.28. The van der Waals surface area contributed by atoms with Crippen LogP contribution in [0.3, 0.4) is 0 Å². The molecule has 26 heavy (non-hydrogen) atoms. The van der Waals surface area contributed by atoms with E-state index in [1.807, 2.05) is 27.7 Å². The monoisotopic (exact) mass is 377 g/mol. The van der Waals surface area contributed by atoms with Crippen LogP contribution in [0, 0.1) is 19.8 Å². The molecule has 2 aromatic heterocycles. The molecule has 0 radical (unpaired) electrons. The van der Waals surface area contributed by atoms with E-state index in [4.69, 9.17) is 4.74 Å². The molecular weight excluding hydrogens is 354 g/mol. The second-order valence-electron chi connectivity index (χ2n) is 6.88. The van der Waals surface area contributed by atoms with Gasteiger partial charge in [-0.15, -0.1) is 11.3 Å². The van der Waals surface area contributed by atoms with Crippen molar-refractivity contribution in [2.75, 3.05) is 18.0 Å². The van der Waals surface area contributed by atoms with Gasteiger partial charge in [0, 0.05) is 13.1 Å². The molecule has 7 nitrogen and oxygen atoms in total. The van der Waals surface area contributed by atoms with E-state index in [0.717, 1.165) is 21.6 Å². The summed E-state index contributed by atoms with van der Waals surface area (Å²) in [5.41, 5.74) is 0.825. The van der Waals surface area contributed by atoms with Crippen molar-refractivity contribution in [3.63, 3.8) is 0 Å². The Labute approximate surface area is 156 Å². The van der Waals surface area contributed by atoms with Gasteiger partial charge in [-0.05, 0) is 46.1 Å². The zero-order valence-corrected chi connectivity index (χ0v) is 16.2. The maximum atomic E-state index is 12.4. The van der Waals surface area contributed by atoms with Crippen LogP contribution >= 0.6 is 11.3 Å². The lowest BCUT2D eigenvalue weighted by atomic mass is 9.97. The Balaban J connectivity index is 1.99. The molecule has 2 aromatic rings. The molecule has 3 heterocycles. The Morgan fingerprint density at radius 3 is 2.46 bits per heavy atom. The van der Waals surface area contributed by atoms with Crippen molar-refractivity contribution < 1.29 is 19.4 Å². The van der Waals surface area contributed by atoms with E-state index in [1.165, 1.54) is 11.3 Å². The molecule has 0 aliphatic carbocycles. The number of carboxylic acids is 1. The highest BCUT2D eigenvalue weighted by molar-refractivity contribution is 7.20. The third-order valence-corrected chi connectivity index (χ3v) is 5.72. The van der Waals surface area contributed by atoms with E-state index in [-0.39, 0.29) is 18.0 Å². The average Bonchev–Trinajstić information content (AvgIpc) is 2.90. The number of carboxylic acid groups (broad SMARTS) is 1. The van der Waals surface area contributed by atoms with E-state index in [2.05, 4.69) is 14.9 Å². The van der Waals surface area contributed by atoms with Crippen molar-refractivity contribution in [1.29, 1.82) is 0 Å². The van der Waals surface area contributed by atoms with Crippen molar-refractivity contribution in [1.82, 2.24) is 9.97 Å². The number of carbonyl (C=O) groups is 2. The summed E-state index contributed by atoms with van der Waals surface area (Å²) in [6.45, 7) is 8.62. The highest BCUT2D eigenvalue weighted by Crippen LogP contribution is 2.37. The van der Waals surface area contributed by atoms with Gasteiger partial charge >= 0.3 is 11.9 Å². The molecule has 0 saturated carbocycles. The summed E-state index contributed by atoms with van der Waals surface area (Å²) >= 11 is 1.33. The maximum absolute atomic E-state index is 12.4. The molecule has 1 N–H and O–H groups in total. The maximum Gasteiger partial charge on any atom is 0.348 e. The molecule has 8 heteroatoms. The lowest BCUT2D eigenvalue weighted by Crippen LogP contribution is -2.37. The smallest absolute Gasteiger partial charge is 0.348 e. The van der Waals surface area contributed by atoms with Crippen LogP contribution in [0.5, 0.6) is 0 Å². The van der Waals surface area contributed by atoms with Gasteiger partial charge in [0.2, 0.25) is 0 Å². The van der Waals surface area contributed by atoms with Crippen LogP contribution in [0.2, 0.25) is 0 Å². The van der Waals surface area contributed by atoms with Gasteiger partial charge in [0.1, 0.15) is 21.3 Å². The minimum absolute atomic E-state index is 0.186. The fraction of sp³-hybridized carbons (Fsp3) is 0.556. The van der Waals surface area contributed by atoms with Crippen LogP contribution in [-0.4, -0.2) is 46.2 Å². The number of aryl methyl sites for hydroxylation is 2. The lowest BCUT2D eigenvalue weighted by molar-refractivity contribution is -0.142. The molecule has 0 amide bonds. The number of esters is 1. The Morgan fingerprint density at radius 2 is 1.88 bits per heavy atom. The number of nitrogens with zero attached hydrogens (tertiary/aromatic N) is 3. The van der Waals surface area contributed by atoms with Gasteiger partial charge in [-0.2, -0.15) is 0 Å². The van der Waals surface area contributed by atoms with Gasteiger partial charge in [-0.25, -0.2) is 14.8 Å². The molecule has 1 saturated heterocycles. The van der Waals surface area contributed by atoms with Crippen LogP contribution in [-0.2, 0) is 9.53 Å². The molecule has 0 atom stereocenters. The predicted molar refractivity (Wildman–Crippen MR) is 100 cm³/mol. The van der Waals surface area contributed by atoms with E-state index in [0.29, 0.717) is 36.6 Å². The van der Waals surface area contributed by atoms with Gasteiger partial charge in [-0.1, -0.05) is 0 Å². The summed E-state index contributed by atoms with van der Waals surface area (Å²) in [5, 5.41) is 10.1. The second-order valence-corrected chi connectivity index (χ2v) is 7.88. The van der Waals surface area contributed by atoms with Gasteiger partial charge in [0.15, 0.2) is 0 Å². The topological polar surface area (TPSA) is 92.6 Å². The third kappa shape index (κ3) is 3.51. The first-order chi connectivity index (χ1) is 12.3. The number of rotatable bonds is 4. The fourth-order valence-electron chi connectivity index (χ4n) is 3.25. The number of hydrogen-bond donors (Lipinski definition) is 1. The standard InChI is InChI=1S/C18H23N3O4S/c1-9(2)25-18(24)14-10(3)13-15(19-11(4)20-16(13)26-14)21-7-5-12(6-8-21)17(22)23/h9,12H,5-8H2,1-4H3,(H,22,23). The van der Waals surface area contributed by atoms with E-state index in [9.17, 15) is 14.7 Å². The molecule has 140 valence electrons. The summed E-state index contributed by atoms with van der Waals surface area (Å²) in [6, 6.07) is 0. The molecule has 3 rings (SSSR count). The molecule has 1 aliphatic rings. The summed E-state index contributed by atoms with van der Waals surface area (Å²) in [6.07, 6.45) is 0.992. The van der Waals surface area contributed by atoms with E-state index in [1.54, 1.807) is 0 Å². The Kier molecular flexibility index (Phi) is 5.13. The van der Waals surface area contributed by atoms with Crippen molar-refractivity contribution in [3.8, 4) is 0 Å². The minimum Gasteiger partial charge on any atom is -0.481 e. The minimum atomic E-state index is -0.737. The summed E-state index contributed by atoms with van der Waals surface area (Å²) in [4.78, 5) is 36.1. The highest BCUT2D eigenvalue weighted by atomic mass is 32.1. The molecule has 1 fully saturated rings. The summed E-state index contributed by atoms with van der Waals surface area (Å²) < 4.78 is 5.35. The summed E-state index contributed by atoms with van der Waals surface area (Å²) in [5.74, 6) is 0.0455. The number of carbonyl (C=O) groups excluding carboxylic acids is 1. The summed E-state index contributed by atoms with van der Waals surface area (Å²) in [7, 11) is 0. The number of aromatic nitrogens is 2. The van der Waals surface area contributed by atoms with Gasteiger partial charge < -0.3 is 14.7 Å². The zero-order chi connectivity index (χ0) is 19.0. The first kappa shape index (κ1) is 18.6. The molecular formula is C18H23N3O4S. The average molecular weight is 377 g/mol. The van der Waals surface area contributed by atoms with Crippen LogP contribution in [0.1, 0.15) is 47.7 Å². The number of thiophene rings is 1. The predicted octanol–water partition coefficient (Wildman–Crippen LogP) is 3.17. The van der Waals surface area contributed by atoms with Gasteiger partial charge in [0.25, 0.3) is 0 Å². The first-order valence-electron chi connectivity index (χ1n) is 8.74. The largest absolute Gasteiger partial charge is 0.481 e. The van der Waals surface area contributed by atoms with Crippen molar-refractivity contribution in [3.05, 3.63) is 16.3 Å². The Hall–Kier alpha value is -2.22. The number of fused-ring (bicyclic) bond motifs is 1. The van der Waals surface area contributed by atoms with Crippen LogP contribution < -0.4 is 4.90 Å². The molecule has 0 aromatic carbocycles. The van der Waals surface area contributed by atoms with Crippen molar-refractivity contribution in [2.45, 2.75) is 46.6 Å². The first-order valence-corrected chi connectivity index (χ1v) is 9.56. The zero-order valence-electron chi connectivity index (χ0n) is 15.4. The van der Waals surface area contributed by atoms with E-state index >= 15 is 0 Å².